The summed E-state index contributed by atoms with van der Waals surface area (Å²) in [6.45, 7) is 1.46. The molecule has 156 valence electrons. The number of methoxy groups -OCH3 is 1. The standard InChI is InChI=1S/C22H22BrN3O3S/c1-28-18-10-6-16(7-11-18)21-24-25-22(26(21)13-19-3-2-12-29-19)30-14-20(27)15-4-8-17(23)9-5-15/h4-11,19H,2-3,12-14H2,1H3/t19-/m0/s1. The van der Waals surface area contributed by atoms with Crippen LogP contribution in [0, 0.1) is 0 Å². The van der Waals surface area contributed by atoms with Gasteiger partial charge in [-0.1, -0.05) is 39.8 Å². The van der Waals surface area contributed by atoms with Gasteiger partial charge in [0.25, 0.3) is 0 Å². The fourth-order valence-corrected chi connectivity index (χ4v) is 4.46. The molecule has 1 atom stereocenters. The predicted octanol–water partition coefficient (Wildman–Crippen LogP) is 4.87. The highest BCUT2D eigenvalue weighted by molar-refractivity contribution is 9.10. The van der Waals surface area contributed by atoms with Crippen molar-refractivity contribution >= 4 is 33.5 Å². The molecule has 8 heteroatoms. The molecular formula is C22H22BrN3O3S. The van der Waals surface area contributed by atoms with Crippen molar-refractivity contribution in [2.75, 3.05) is 19.5 Å². The maximum absolute atomic E-state index is 12.6. The quantitative estimate of drug-likeness (QED) is 0.333. The zero-order chi connectivity index (χ0) is 20.9. The molecule has 4 rings (SSSR count). The van der Waals surface area contributed by atoms with Crippen LogP contribution in [0.25, 0.3) is 11.4 Å². The third-order valence-electron chi connectivity index (χ3n) is 4.97. The van der Waals surface area contributed by atoms with Gasteiger partial charge in [-0.05, 0) is 49.2 Å². The van der Waals surface area contributed by atoms with E-state index in [4.69, 9.17) is 9.47 Å². The average Bonchev–Trinajstić information content (AvgIpc) is 3.43. The van der Waals surface area contributed by atoms with Crippen molar-refractivity contribution in [2.24, 2.45) is 0 Å². The summed E-state index contributed by atoms with van der Waals surface area (Å²) < 4.78 is 14.1. The van der Waals surface area contributed by atoms with Crippen molar-refractivity contribution in [1.82, 2.24) is 14.8 Å². The van der Waals surface area contributed by atoms with E-state index in [0.717, 1.165) is 46.2 Å². The summed E-state index contributed by atoms with van der Waals surface area (Å²) in [6.07, 6.45) is 2.22. The summed E-state index contributed by atoms with van der Waals surface area (Å²) in [7, 11) is 1.64. The lowest BCUT2D eigenvalue weighted by Crippen LogP contribution is -2.17. The first kappa shape index (κ1) is 21.1. The molecule has 2 aromatic carbocycles. The number of nitrogens with zero attached hydrogens (tertiary/aromatic N) is 3. The van der Waals surface area contributed by atoms with Crippen LogP contribution in [0.15, 0.2) is 58.2 Å². The van der Waals surface area contributed by atoms with E-state index < -0.39 is 0 Å². The van der Waals surface area contributed by atoms with E-state index in [9.17, 15) is 4.79 Å². The van der Waals surface area contributed by atoms with E-state index in [2.05, 4.69) is 30.7 Å². The molecule has 0 N–H and O–H groups in total. The van der Waals surface area contributed by atoms with Gasteiger partial charge >= 0.3 is 0 Å². The van der Waals surface area contributed by atoms with Gasteiger partial charge in [-0.3, -0.25) is 9.36 Å². The van der Waals surface area contributed by atoms with Crippen LogP contribution in [0.5, 0.6) is 5.75 Å². The monoisotopic (exact) mass is 487 g/mol. The maximum atomic E-state index is 12.6. The summed E-state index contributed by atoms with van der Waals surface area (Å²) >= 11 is 4.81. The summed E-state index contributed by atoms with van der Waals surface area (Å²) in [6, 6.07) is 15.2. The van der Waals surface area contributed by atoms with E-state index >= 15 is 0 Å². The fourth-order valence-electron chi connectivity index (χ4n) is 3.35. The highest BCUT2D eigenvalue weighted by atomic mass is 79.9. The Balaban J connectivity index is 1.55. The summed E-state index contributed by atoms with van der Waals surface area (Å²) in [5.74, 6) is 1.92. The highest BCUT2D eigenvalue weighted by Gasteiger charge is 2.22. The number of aromatic nitrogens is 3. The number of carbonyl (C=O) groups is 1. The second-order valence-electron chi connectivity index (χ2n) is 7.00. The number of thioether (sulfide) groups is 1. The molecule has 0 saturated carbocycles. The fraction of sp³-hybridized carbons (Fsp3) is 0.318. The molecule has 1 aliphatic heterocycles. The molecule has 0 amide bonds. The van der Waals surface area contributed by atoms with E-state index in [-0.39, 0.29) is 11.9 Å². The van der Waals surface area contributed by atoms with Gasteiger partial charge in [-0.15, -0.1) is 10.2 Å². The molecule has 1 saturated heterocycles. The maximum Gasteiger partial charge on any atom is 0.192 e. The Morgan fingerprint density at radius 1 is 1.20 bits per heavy atom. The van der Waals surface area contributed by atoms with E-state index in [0.29, 0.717) is 17.9 Å². The minimum Gasteiger partial charge on any atom is -0.497 e. The van der Waals surface area contributed by atoms with Crippen LogP contribution in [0.2, 0.25) is 0 Å². The molecule has 0 radical (unpaired) electrons. The Kier molecular flexibility index (Phi) is 6.86. The van der Waals surface area contributed by atoms with E-state index in [1.54, 1.807) is 7.11 Å². The molecule has 0 unspecified atom stereocenters. The van der Waals surface area contributed by atoms with Crippen molar-refractivity contribution in [3.63, 3.8) is 0 Å². The molecule has 1 fully saturated rings. The van der Waals surface area contributed by atoms with Crippen LogP contribution in [0.3, 0.4) is 0 Å². The first-order valence-corrected chi connectivity index (χ1v) is 11.5. The zero-order valence-corrected chi connectivity index (χ0v) is 19.0. The van der Waals surface area contributed by atoms with Gasteiger partial charge in [0.2, 0.25) is 0 Å². The minimum atomic E-state index is 0.0603. The van der Waals surface area contributed by atoms with Gasteiger partial charge in [-0.25, -0.2) is 0 Å². The number of ketones is 1. The van der Waals surface area contributed by atoms with Gasteiger partial charge in [0.05, 0.1) is 25.5 Å². The highest BCUT2D eigenvalue weighted by Crippen LogP contribution is 2.28. The van der Waals surface area contributed by atoms with E-state index in [1.165, 1.54) is 11.8 Å². The molecule has 6 nitrogen and oxygen atoms in total. The Bertz CT molecular complexity index is 999. The first-order chi connectivity index (χ1) is 14.6. The van der Waals surface area contributed by atoms with Crippen molar-refractivity contribution < 1.29 is 14.3 Å². The smallest absolute Gasteiger partial charge is 0.192 e. The Labute approximate surface area is 188 Å². The lowest BCUT2D eigenvalue weighted by atomic mass is 10.2. The summed E-state index contributed by atoms with van der Waals surface area (Å²) in [4.78, 5) is 12.6. The molecule has 0 spiro atoms. The van der Waals surface area contributed by atoms with Crippen LogP contribution < -0.4 is 4.74 Å². The van der Waals surface area contributed by atoms with Crippen LogP contribution >= 0.6 is 27.7 Å². The summed E-state index contributed by atoms with van der Waals surface area (Å²) in [5.41, 5.74) is 1.64. The van der Waals surface area contributed by atoms with Gasteiger partial charge < -0.3 is 9.47 Å². The molecule has 30 heavy (non-hydrogen) atoms. The van der Waals surface area contributed by atoms with Gasteiger partial charge in [-0.2, -0.15) is 0 Å². The van der Waals surface area contributed by atoms with Gasteiger partial charge in [0, 0.05) is 22.2 Å². The van der Waals surface area contributed by atoms with Gasteiger partial charge in [0.15, 0.2) is 16.8 Å². The van der Waals surface area contributed by atoms with Crippen molar-refractivity contribution in [2.45, 2.75) is 30.6 Å². The van der Waals surface area contributed by atoms with Crippen LogP contribution in [-0.4, -0.2) is 46.1 Å². The van der Waals surface area contributed by atoms with E-state index in [1.807, 2.05) is 48.5 Å². The van der Waals surface area contributed by atoms with Crippen molar-refractivity contribution in [3.05, 3.63) is 58.6 Å². The Morgan fingerprint density at radius 2 is 1.97 bits per heavy atom. The molecule has 1 aromatic heterocycles. The normalized spacial score (nSPS) is 16.0. The summed E-state index contributed by atoms with van der Waals surface area (Å²) in [5, 5.41) is 9.53. The number of halogens is 1. The van der Waals surface area contributed by atoms with Crippen LogP contribution in [-0.2, 0) is 11.3 Å². The first-order valence-electron chi connectivity index (χ1n) is 9.75. The Morgan fingerprint density at radius 3 is 2.63 bits per heavy atom. The molecule has 0 bridgehead atoms. The Hall–Kier alpha value is -2.16. The largest absolute Gasteiger partial charge is 0.497 e. The van der Waals surface area contributed by atoms with Gasteiger partial charge in [0.1, 0.15) is 5.75 Å². The minimum absolute atomic E-state index is 0.0603. The number of Topliss-reactive ketones (excluding diaryl/α,β-unsaturated/α-hetero) is 1. The van der Waals surface area contributed by atoms with Crippen molar-refractivity contribution in [1.29, 1.82) is 0 Å². The molecule has 0 aliphatic carbocycles. The van der Waals surface area contributed by atoms with Crippen LogP contribution in [0.1, 0.15) is 23.2 Å². The molecular weight excluding hydrogens is 466 g/mol. The van der Waals surface area contributed by atoms with Crippen LogP contribution in [0.4, 0.5) is 0 Å². The topological polar surface area (TPSA) is 66.2 Å². The lowest BCUT2D eigenvalue weighted by Gasteiger charge is -2.15. The number of hydrogen-bond acceptors (Lipinski definition) is 6. The second-order valence-corrected chi connectivity index (χ2v) is 8.86. The average molecular weight is 488 g/mol. The third-order valence-corrected chi connectivity index (χ3v) is 6.47. The second kappa shape index (κ2) is 9.76. The lowest BCUT2D eigenvalue weighted by molar-refractivity contribution is 0.0953. The number of carbonyl (C=O) groups excluding carboxylic acids is 1. The van der Waals surface area contributed by atoms with Crippen molar-refractivity contribution in [3.8, 4) is 17.1 Å². The predicted molar refractivity (Wildman–Crippen MR) is 120 cm³/mol. The third kappa shape index (κ3) is 4.94. The molecule has 3 aromatic rings. The zero-order valence-electron chi connectivity index (χ0n) is 16.6. The number of hydrogen-bond donors (Lipinski definition) is 0. The number of ether oxygens (including phenoxy) is 2. The molecule has 1 aliphatic rings. The SMILES string of the molecule is COc1ccc(-c2nnc(SCC(=O)c3ccc(Br)cc3)n2C[C@@H]2CCCO2)cc1. The number of benzene rings is 2. The number of rotatable bonds is 8. The molecule has 2 heterocycles.